The van der Waals surface area contributed by atoms with Gasteiger partial charge >= 0.3 is 24.1 Å². The highest BCUT2D eigenvalue weighted by Crippen LogP contribution is 2.46. The Morgan fingerprint density at radius 2 is 1.24 bits per heavy atom. The van der Waals surface area contributed by atoms with Crippen LogP contribution in [-0.2, 0) is 0 Å². The summed E-state index contributed by atoms with van der Waals surface area (Å²) in [6.07, 6.45) is -14.6. The van der Waals surface area contributed by atoms with E-state index in [0.29, 0.717) is 0 Å². The third kappa shape index (κ3) is 4.10. The van der Waals surface area contributed by atoms with Crippen molar-refractivity contribution in [1.29, 1.82) is 0 Å². The summed E-state index contributed by atoms with van der Waals surface area (Å²) in [5.74, 6) is -11.7. The van der Waals surface area contributed by atoms with Crippen LogP contribution in [-0.4, -0.2) is 29.2 Å². The van der Waals surface area contributed by atoms with Crippen LogP contribution in [0.5, 0.6) is 0 Å². The van der Waals surface area contributed by atoms with Gasteiger partial charge in [0.1, 0.15) is 0 Å². The largest absolute Gasteiger partial charge is 0.423 e. The summed E-state index contributed by atoms with van der Waals surface area (Å²) in [5.41, 5.74) is 0. The number of alkyl halides is 9. The van der Waals surface area contributed by atoms with Crippen LogP contribution in [0.15, 0.2) is 12.2 Å². The second kappa shape index (κ2) is 4.39. The lowest BCUT2D eigenvalue weighted by Crippen LogP contribution is -2.53. The number of rotatable bonds is 4. The maximum Gasteiger partial charge on any atom is 0.423 e. The molecule has 0 radical (unpaired) electrons. The van der Waals surface area contributed by atoms with Gasteiger partial charge < -0.3 is 5.11 Å². The Hall–Kier alpha value is -0.930. The molecule has 0 amide bonds. The lowest BCUT2D eigenvalue weighted by atomic mass is 10.1. The first-order valence-corrected chi connectivity index (χ1v) is 3.81. The molecule has 0 aliphatic rings. The summed E-state index contributed by atoms with van der Waals surface area (Å²) in [6.45, 7) is 0. The van der Waals surface area contributed by atoms with Gasteiger partial charge in [-0.1, -0.05) is 6.08 Å². The van der Waals surface area contributed by atoms with Crippen LogP contribution in [0.25, 0.3) is 0 Å². The zero-order chi connectivity index (χ0) is 14.1. The average Bonchev–Trinajstić information content (AvgIpc) is 1.98. The molecule has 17 heavy (non-hydrogen) atoms. The van der Waals surface area contributed by atoms with Crippen LogP contribution in [0.4, 0.5) is 39.5 Å². The zero-order valence-electron chi connectivity index (χ0n) is 7.71. The fourth-order valence-electron chi connectivity index (χ4n) is 0.689. The van der Waals surface area contributed by atoms with Crippen LogP contribution in [0.1, 0.15) is 6.42 Å². The van der Waals surface area contributed by atoms with Gasteiger partial charge in [0.2, 0.25) is 0 Å². The lowest BCUT2D eigenvalue weighted by molar-refractivity contribution is -0.382. The van der Waals surface area contributed by atoms with E-state index in [4.69, 9.17) is 5.11 Å². The molecule has 0 aliphatic carbocycles. The van der Waals surface area contributed by atoms with Gasteiger partial charge in [0.15, 0.2) is 0 Å². The van der Waals surface area contributed by atoms with Crippen molar-refractivity contribution in [3.05, 3.63) is 12.2 Å². The fourth-order valence-corrected chi connectivity index (χ4v) is 0.689. The topological polar surface area (TPSA) is 20.2 Å². The minimum atomic E-state index is -6.17. The number of hydrogen-bond acceptors (Lipinski definition) is 1. The van der Waals surface area contributed by atoms with E-state index in [-0.39, 0.29) is 0 Å². The van der Waals surface area contributed by atoms with Crippen LogP contribution < -0.4 is 0 Å². The lowest BCUT2D eigenvalue weighted by Gasteiger charge is -2.28. The molecule has 102 valence electrons. The Kier molecular flexibility index (Phi) is 4.15. The molecule has 0 unspecified atom stereocenters. The van der Waals surface area contributed by atoms with Gasteiger partial charge in [-0.15, -0.1) is 0 Å². The fraction of sp³-hybridized carbons (Fsp3) is 0.714. The first-order valence-electron chi connectivity index (χ1n) is 3.81. The normalized spacial score (nSPS) is 15.6. The molecule has 0 heterocycles. The van der Waals surface area contributed by atoms with Crippen LogP contribution >= 0.6 is 0 Å². The molecule has 0 aromatic carbocycles. The van der Waals surface area contributed by atoms with Gasteiger partial charge in [-0.25, -0.2) is 0 Å². The molecule has 1 N–H and O–H groups in total. The van der Waals surface area contributed by atoms with Crippen LogP contribution in [0.2, 0.25) is 0 Å². The van der Waals surface area contributed by atoms with Crippen molar-refractivity contribution in [3.8, 4) is 0 Å². The highest BCUT2D eigenvalue weighted by atomic mass is 19.4. The van der Waals surface area contributed by atoms with E-state index in [1.807, 2.05) is 0 Å². The van der Waals surface area contributed by atoms with E-state index in [1.54, 1.807) is 0 Å². The smallest absolute Gasteiger partial charge is 0.331 e. The molecule has 0 bridgehead atoms. The van der Waals surface area contributed by atoms with Crippen LogP contribution in [0.3, 0.4) is 0 Å². The SMILES string of the molecule is OC(F)(F)C(F)(F)C(F)(F)CC=CC(F)(F)F. The summed E-state index contributed by atoms with van der Waals surface area (Å²) >= 11 is 0. The molecule has 0 atom stereocenters. The molecular formula is C7H5F9O. The van der Waals surface area contributed by atoms with Gasteiger partial charge in [0.05, 0.1) is 0 Å². The maximum atomic E-state index is 12.5. The molecule has 0 saturated heterocycles. The van der Waals surface area contributed by atoms with Gasteiger partial charge in [-0.2, -0.15) is 39.5 Å². The van der Waals surface area contributed by atoms with Crippen LogP contribution in [0, 0.1) is 0 Å². The molecule has 0 spiro atoms. The second-order valence-electron chi connectivity index (χ2n) is 2.97. The monoisotopic (exact) mass is 276 g/mol. The molecule has 10 heteroatoms. The van der Waals surface area contributed by atoms with E-state index < -0.39 is 42.7 Å². The third-order valence-corrected chi connectivity index (χ3v) is 1.52. The van der Waals surface area contributed by atoms with E-state index in [1.165, 1.54) is 0 Å². The number of hydrogen-bond donors (Lipinski definition) is 1. The summed E-state index contributed by atoms with van der Waals surface area (Å²) in [4.78, 5) is 0. The molecule has 0 aromatic heterocycles. The van der Waals surface area contributed by atoms with Crippen molar-refractivity contribution < 1.29 is 44.6 Å². The minimum absolute atomic E-state index is 0.431. The quantitative estimate of drug-likeness (QED) is 0.616. The van der Waals surface area contributed by atoms with Crippen molar-refractivity contribution in [2.75, 3.05) is 0 Å². The second-order valence-corrected chi connectivity index (χ2v) is 2.97. The Labute approximate surface area is 88.5 Å². The van der Waals surface area contributed by atoms with E-state index in [9.17, 15) is 39.5 Å². The summed E-state index contributed by atoms with van der Waals surface area (Å²) in [7, 11) is 0. The Balaban J connectivity index is 4.87. The Morgan fingerprint density at radius 3 is 1.53 bits per heavy atom. The molecule has 0 rings (SSSR count). The molecule has 0 fully saturated rings. The number of aliphatic hydroxyl groups is 1. The average molecular weight is 276 g/mol. The predicted molar refractivity (Wildman–Crippen MR) is 36.9 cm³/mol. The summed E-state index contributed by atoms with van der Waals surface area (Å²) in [5, 5.41) is 7.53. The zero-order valence-corrected chi connectivity index (χ0v) is 7.71. The highest BCUT2D eigenvalue weighted by molar-refractivity contribution is 4.99. The van der Waals surface area contributed by atoms with Crippen molar-refractivity contribution in [3.63, 3.8) is 0 Å². The molecule has 0 aliphatic heterocycles. The van der Waals surface area contributed by atoms with Gasteiger partial charge in [0, 0.05) is 12.5 Å². The molecular weight excluding hydrogens is 271 g/mol. The minimum Gasteiger partial charge on any atom is -0.331 e. The molecule has 0 aromatic rings. The Bertz CT molecular complexity index is 285. The van der Waals surface area contributed by atoms with Gasteiger partial charge in [-0.3, -0.25) is 0 Å². The Morgan fingerprint density at radius 1 is 0.824 bits per heavy atom. The molecule has 0 saturated carbocycles. The van der Waals surface area contributed by atoms with Crippen molar-refractivity contribution in [1.82, 2.24) is 0 Å². The van der Waals surface area contributed by atoms with E-state index >= 15 is 0 Å². The first-order chi connectivity index (χ1) is 7.21. The van der Waals surface area contributed by atoms with E-state index in [2.05, 4.69) is 0 Å². The third-order valence-electron chi connectivity index (χ3n) is 1.52. The van der Waals surface area contributed by atoms with E-state index in [0.717, 1.165) is 0 Å². The standard InChI is InChI=1S/C7H5F9O/c8-4(9,2-1-3-5(10,11)12)6(13,14)7(15,16)17/h1,3,17H,2H2. The maximum absolute atomic E-state index is 12.5. The highest BCUT2D eigenvalue weighted by Gasteiger charge is 2.70. The summed E-state index contributed by atoms with van der Waals surface area (Å²) < 4.78 is 107. The number of allylic oxidation sites excluding steroid dienone is 2. The van der Waals surface area contributed by atoms with Crippen molar-refractivity contribution in [2.24, 2.45) is 0 Å². The van der Waals surface area contributed by atoms with Crippen molar-refractivity contribution >= 4 is 0 Å². The number of halogens is 9. The first kappa shape index (κ1) is 16.1. The van der Waals surface area contributed by atoms with Gasteiger partial charge in [0.25, 0.3) is 0 Å². The van der Waals surface area contributed by atoms with Gasteiger partial charge in [-0.05, 0) is 0 Å². The van der Waals surface area contributed by atoms with Crippen molar-refractivity contribution in [2.45, 2.75) is 30.6 Å². The summed E-state index contributed by atoms with van der Waals surface area (Å²) in [6, 6.07) is 0. The predicted octanol–water partition coefficient (Wildman–Crippen LogP) is 3.35. The molecule has 1 nitrogen and oxygen atoms in total.